The summed E-state index contributed by atoms with van der Waals surface area (Å²) in [5, 5.41) is 336. The number of carboxylic acids is 4. The molecule has 0 saturated carbocycles. The van der Waals surface area contributed by atoms with Crippen LogP contribution in [0.1, 0.15) is 60.3 Å². The molecule has 0 radical (unpaired) electrons. The molecule has 8 rings (SSSR count). The maximum atomic E-state index is 14.4. The number of hydrogen-bond acceptors (Lipinski definition) is 49. The zero-order chi connectivity index (χ0) is 95.9. The van der Waals surface area contributed by atoms with E-state index in [9.17, 15) is 191 Å². The second-order valence-corrected chi connectivity index (χ2v) is 31.8. The summed E-state index contributed by atoms with van der Waals surface area (Å²) in [5.74, 6) is -29.3. The van der Waals surface area contributed by atoms with E-state index < -0.39 is 400 Å². The van der Waals surface area contributed by atoms with E-state index in [1.807, 2.05) is 0 Å². The monoisotopic (exact) mass is 1870 g/mol. The van der Waals surface area contributed by atoms with Crippen LogP contribution in [0, 0.1) is 0 Å². The van der Waals surface area contributed by atoms with Crippen LogP contribution in [0.4, 0.5) is 0 Å². The van der Waals surface area contributed by atoms with E-state index in [1.165, 1.54) is 0 Å². The molecular weight excluding hydrogens is 1760 g/mol. The van der Waals surface area contributed by atoms with Crippen molar-refractivity contribution in [1.82, 2.24) is 26.6 Å². The van der Waals surface area contributed by atoms with E-state index in [0.29, 0.717) is 0 Å². The van der Waals surface area contributed by atoms with Crippen molar-refractivity contribution < 1.29 is 262 Å². The van der Waals surface area contributed by atoms with Gasteiger partial charge < -0.3 is 246 Å². The Hall–Kier alpha value is -6.37. The highest BCUT2D eigenvalue weighted by Crippen LogP contribution is 2.46. The van der Waals surface area contributed by atoms with Crippen LogP contribution in [0.2, 0.25) is 0 Å². The quantitative estimate of drug-likeness (QED) is 0.0272. The number of aliphatic carboxylic acids is 4. The predicted octanol–water partition coefficient (Wildman–Crippen LogP) is -20.9. The molecule has 58 heteroatoms. The Bertz CT molecular complexity index is 3720. The Labute approximate surface area is 721 Å². The van der Waals surface area contributed by atoms with E-state index in [2.05, 4.69) is 26.6 Å². The molecule has 0 aliphatic carbocycles. The first-order valence-electron chi connectivity index (χ1n) is 39.6. The first-order valence-corrected chi connectivity index (χ1v) is 39.6. The van der Waals surface area contributed by atoms with Crippen molar-refractivity contribution >= 4 is 53.4 Å². The van der Waals surface area contributed by atoms with Gasteiger partial charge in [-0.2, -0.15) is 0 Å². The minimum absolute atomic E-state index is 0.755. The van der Waals surface area contributed by atoms with Crippen molar-refractivity contribution in [1.29, 1.82) is 0 Å². The number of carbonyl (C=O) groups is 9. The van der Waals surface area contributed by atoms with Gasteiger partial charge in [-0.05, 0) is 0 Å². The van der Waals surface area contributed by atoms with Crippen LogP contribution in [0.25, 0.3) is 0 Å². The van der Waals surface area contributed by atoms with Gasteiger partial charge in [-0.15, -0.1) is 0 Å². The smallest absolute Gasteiger partial charge is 0.364 e. The largest absolute Gasteiger partial charge is 0.477 e. The van der Waals surface area contributed by atoms with Crippen molar-refractivity contribution in [3.05, 3.63) is 0 Å². The number of carbonyl (C=O) groups excluding carboxylic acids is 5. The normalized spacial score (nSPS) is 42.5. The molecule has 1 unspecified atom stereocenters. The van der Waals surface area contributed by atoms with Crippen molar-refractivity contribution in [3.8, 4) is 0 Å². The van der Waals surface area contributed by atoms with Gasteiger partial charge in [0.25, 0.3) is 23.1 Å². The van der Waals surface area contributed by atoms with Crippen LogP contribution in [0.3, 0.4) is 0 Å². The maximum Gasteiger partial charge on any atom is 0.364 e. The van der Waals surface area contributed by atoms with Gasteiger partial charge in [0.2, 0.25) is 29.5 Å². The molecule has 8 fully saturated rings. The highest BCUT2D eigenvalue weighted by atomic mass is 16.8. The molecule has 8 heterocycles. The minimum Gasteiger partial charge on any atom is -0.477 e. The topological polar surface area (TPSA) is 939 Å². The van der Waals surface area contributed by atoms with Gasteiger partial charge in [-0.25, -0.2) is 19.2 Å². The summed E-state index contributed by atoms with van der Waals surface area (Å²) in [6, 6.07) is -10.4. The third-order valence-corrected chi connectivity index (χ3v) is 22.6. The number of amides is 5. The molecule has 0 bridgehead atoms. The summed E-state index contributed by atoms with van der Waals surface area (Å²) < 4.78 is 87.5. The minimum atomic E-state index is -3.89. The SMILES string of the molecule is CC(=O)N[C@H]1[C@H](O[C@@H]2[C@H](O[C@]3(C(=O)O)C[C@H](O)[C@@H](NC(C)=O)[C@H]([C@H](O)[C@@H](CO)O[C@]4(C(=O)O)C[C@H](O)[C@@H](NC(C)=O)[C@H]([C@H](O)[C@@H](CO)O[C@]5(C(=O)O)C[C@H](O)[C@@H](NC(C)=O)[C@H]([C@H](O)[C@H](O)CO)O5)O4)O3)[C@@H](O)[C@H](O[C@H]3[C@H](O)[C@@H](O)C(O)O[C@@H]3CO)O[C@@H]2CO)O[C@H](CO)[C@H](O)[C@@H]1O[C@@H]1O[C@H](CO)[C@H](O)[C@H](O[C@]2(C(=O)O)C[C@H](O)[C@@H](NC(C)=O)[C@H]([C@H](O)[C@H](O)CO)O2)[C@H]1O. The Morgan fingerprint density at radius 1 is 0.320 bits per heavy atom. The van der Waals surface area contributed by atoms with E-state index in [0.717, 1.165) is 34.6 Å². The van der Waals surface area contributed by atoms with Crippen LogP contribution in [0.15, 0.2) is 0 Å². The van der Waals surface area contributed by atoms with Gasteiger partial charge in [-0.1, -0.05) is 0 Å². The molecule has 0 aromatic heterocycles. The van der Waals surface area contributed by atoms with Gasteiger partial charge in [0.15, 0.2) is 25.2 Å². The summed E-state index contributed by atoms with van der Waals surface area (Å²) in [6.07, 6.45) is -92.3. The third kappa shape index (κ3) is 23.2. The lowest BCUT2D eigenvalue weighted by Crippen LogP contribution is -2.73. The zero-order valence-electron chi connectivity index (χ0n) is 68.3. The Morgan fingerprint density at radius 3 is 0.953 bits per heavy atom. The number of carboxylic acid groups (broad SMARTS) is 4. The van der Waals surface area contributed by atoms with E-state index in [-0.39, 0.29) is 0 Å². The molecule has 0 aromatic carbocycles. The molecule has 44 atom stereocenters. The average Bonchev–Trinajstić information content (AvgIpc) is 0.732. The van der Waals surface area contributed by atoms with Gasteiger partial charge in [0.1, 0.15) is 171 Å². The summed E-state index contributed by atoms with van der Waals surface area (Å²) in [5.41, 5.74) is 0. The molecule has 5 amide bonds. The van der Waals surface area contributed by atoms with Gasteiger partial charge in [0.05, 0.1) is 101 Å². The molecule has 0 aromatic rings. The van der Waals surface area contributed by atoms with Crippen LogP contribution in [0.5, 0.6) is 0 Å². The van der Waals surface area contributed by atoms with E-state index in [4.69, 9.17) is 71.1 Å². The third-order valence-electron chi connectivity index (χ3n) is 22.6. The van der Waals surface area contributed by atoms with Crippen molar-refractivity contribution in [3.63, 3.8) is 0 Å². The number of aliphatic hydroxyl groups excluding tert-OH is 25. The fourth-order valence-corrected chi connectivity index (χ4v) is 16.3. The van der Waals surface area contributed by atoms with Crippen molar-refractivity contribution in [2.45, 2.75) is 328 Å². The summed E-state index contributed by atoms with van der Waals surface area (Å²) in [7, 11) is 0. The first-order chi connectivity index (χ1) is 59.9. The lowest BCUT2D eigenvalue weighted by Gasteiger charge is -2.53. The fraction of sp³-hybridized carbons (Fsp3) is 0.871. The number of ether oxygens (including phenoxy) is 15. The van der Waals surface area contributed by atoms with Crippen molar-refractivity contribution in [2.24, 2.45) is 0 Å². The summed E-state index contributed by atoms with van der Waals surface area (Å²) >= 11 is 0. The van der Waals surface area contributed by atoms with E-state index >= 15 is 0 Å². The second kappa shape index (κ2) is 44.7. The summed E-state index contributed by atoms with van der Waals surface area (Å²) in [6.45, 7) is -7.29. The molecular formula is C70H113N5O53. The predicted molar refractivity (Wildman–Crippen MR) is 391 cm³/mol. The van der Waals surface area contributed by atoms with Crippen molar-refractivity contribution in [2.75, 3.05) is 52.9 Å². The number of rotatable bonds is 39. The Kier molecular flexibility index (Phi) is 37.3. The second-order valence-electron chi connectivity index (χ2n) is 31.8. The van der Waals surface area contributed by atoms with Crippen LogP contribution < -0.4 is 26.6 Å². The van der Waals surface area contributed by atoms with Crippen LogP contribution in [-0.4, -0.2) is 522 Å². The molecule has 8 saturated heterocycles. The molecule has 34 N–H and O–H groups in total. The van der Waals surface area contributed by atoms with Gasteiger partial charge in [-0.3, -0.25) is 24.0 Å². The molecule has 0 spiro atoms. The van der Waals surface area contributed by atoms with Gasteiger partial charge in [0, 0.05) is 60.3 Å². The van der Waals surface area contributed by atoms with Crippen LogP contribution >= 0.6 is 0 Å². The maximum absolute atomic E-state index is 14.4. The molecule has 128 heavy (non-hydrogen) atoms. The van der Waals surface area contributed by atoms with E-state index in [1.54, 1.807) is 0 Å². The Balaban J connectivity index is 1.19. The number of nitrogens with one attached hydrogen (secondary N) is 5. The fourth-order valence-electron chi connectivity index (χ4n) is 16.3. The lowest BCUT2D eigenvalue weighted by molar-refractivity contribution is -0.405. The average molecular weight is 1870 g/mol. The molecule has 8 aliphatic rings. The molecule has 58 nitrogen and oxygen atoms in total. The first kappa shape index (κ1) is 107. The highest BCUT2D eigenvalue weighted by Gasteiger charge is 2.67. The molecule has 8 aliphatic heterocycles. The zero-order valence-corrected chi connectivity index (χ0v) is 68.3. The standard InChI is InChI=1S/C70H113N5O53/c1-18(84)71-35-23(89)6-67(63(106)107,123-53(35)40(95)27(93)10-76)121-31(14-80)44(99)55-37(73-20(3)86)24(90)7-68(125-55,64(108)109)122-32(15-81)45(100)56-38(74-21(4)87)26(92)9-70(126-56,66(112)113)128-58-49(104)62(118-50-33(16-82)114-59(105)47(102)46(50)101)117-34(17-83)51(58)119-60-39(75-22(5)88)52(42(97)29(12-78)115-60)120-61-48(103)57(43(98)30(13-79)116-61)127-69(65(110)111)8-25(91)36(72-19(2)85)54(124-69)41(96)28(94)11-77/h23-62,76-83,89-105H,6-17H2,1-5H3,(H,71,84)(H,72,85)(H,73,86)(H,74,87)(H,75,88)(H,106,107)(H,108,109)(H,110,111)(H,112,113)/t23-,24-,25-,26-,27+,28+,29+,30+,31+,32+,33+,34+,35+,36+,37+,38+,39+,40+,41+,42-,43-,44+,45+,46+,47+,48+,49+,50+,51-,52+,53+,54+,55+,56+,57-,58+,59?,60-,61-,62-,67+,68+,69-,70-/m0/s1. The molecule has 736 valence electrons. The number of hydrogen-bond donors (Lipinski definition) is 34. The van der Waals surface area contributed by atoms with Gasteiger partial charge >= 0.3 is 23.9 Å². The Morgan fingerprint density at radius 2 is 0.609 bits per heavy atom. The summed E-state index contributed by atoms with van der Waals surface area (Å²) in [4.78, 5) is 119. The lowest BCUT2D eigenvalue weighted by atomic mass is 9.86. The van der Waals surface area contributed by atoms with Crippen LogP contribution in [-0.2, 0) is 114 Å². The number of aliphatic hydroxyl groups is 25. The highest BCUT2D eigenvalue weighted by molar-refractivity contribution is 5.79.